The molecule has 0 spiro atoms. The topological polar surface area (TPSA) is 40.5 Å². The second kappa shape index (κ2) is 6.53. The molecule has 1 aliphatic heterocycles. The van der Waals surface area contributed by atoms with Gasteiger partial charge in [-0.05, 0) is 66.6 Å². The molecular formula is C19H20F3NO2S. The molecule has 3 nitrogen and oxygen atoms in total. The van der Waals surface area contributed by atoms with Crippen molar-refractivity contribution in [3.63, 3.8) is 0 Å². The highest BCUT2D eigenvalue weighted by molar-refractivity contribution is 7.17. The van der Waals surface area contributed by atoms with Crippen molar-refractivity contribution in [2.45, 2.75) is 31.4 Å². The van der Waals surface area contributed by atoms with Crippen molar-refractivity contribution in [3.05, 3.63) is 34.7 Å². The third-order valence-corrected chi connectivity index (χ3v) is 6.74. The number of likely N-dealkylation sites (tertiary alicyclic amines) is 1. The van der Waals surface area contributed by atoms with Crippen LogP contribution in [0, 0.1) is 11.8 Å². The first kappa shape index (κ1) is 17.8. The Morgan fingerprint density at radius 3 is 2.62 bits per heavy atom. The van der Waals surface area contributed by atoms with Crippen LogP contribution in [0.4, 0.5) is 13.2 Å². The van der Waals surface area contributed by atoms with Crippen molar-refractivity contribution in [3.8, 4) is 0 Å². The van der Waals surface area contributed by atoms with E-state index in [1.54, 1.807) is 6.07 Å². The van der Waals surface area contributed by atoms with Crippen molar-refractivity contribution in [1.29, 1.82) is 0 Å². The Morgan fingerprint density at radius 1 is 1.27 bits per heavy atom. The van der Waals surface area contributed by atoms with E-state index in [4.69, 9.17) is 5.11 Å². The fourth-order valence-electron chi connectivity index (χ4n) is 4.13. The van der Waals surface area contributed by atoms with Gasteiger partial charge in [0.15, 0.2) is 0 Å². The first-order chi connectivity index (χ1) is 12.3. The summed E-state index contributed by atoms with van der Waals surface area (Å²) in [5.74, 6) is -0.345. The maximum atomic E-state index is 13.2. The molecule has 2 aliphatic rings. The van der Waals surface area contributed by atoms with E-state index in [0.29, 0.717) is 4.70 Å². The molecule has 1 aromatic heterocycles. The molecule has 4 rings (SSSR count). The first-order valence-corrected chi connectivity index (χ1v) is 9.75. The van der Waals surface area contributed by atoms with Crippen molar-refractivity contribution in [1.82, 2.24) is 4.90 Å². The predicted octanol–water partition coefficient (Wildman–Crippen LogP) is 4.82. The Balaban J connectivity index is 1.44. The van der Waals surface area contributed by atoms with Gasteiger partial charge in [-0.15, -0.1) is 11.3 Å². The van der Waals surface area contributed by atoms with Gasteiger partial charge in [0.05, 0.1) is 11.5 Å². The van der Waals surface area contributed by atoms with E-state index >= 15 is 0 Å². The molecule has 1 saturated carbocycles. The minimum absolute atomic E-state index is 0.186. The van der Waals surface area contributed by atoms with Gasteiger partial charge in [-0.2, -0.15) is 13.2 Å². The number of hydrogen-bond donors (Lipinski definition) is 1. The second-order valence-electron chi connectivity index (χ2n) is 7.39. The summed E-state index contributed by atoms with van der Waals surface area (Å²) in [4.78, 5) is 13.3. The zero-order chi connectivity index (χ0) is 18.5. The van der Waals surface area contributed by atoms with Crippen molar-refractivity contribution in [2.24, 2.45) is 11.8 Å². The van der Waals surface area contributed by atoms with Gasteiger partial charge < -0.3 is 10.0 Å². The number of hydrogen-bond acceptors (Lipinski definition) is 3. The minimum Gasteiger partial charge on any atom is -0.481 e. The van der Waals surface area contributed by atoms with Gasteiger partial charge in [0.2, 0.25) is 0 Å². The third kappa shape index (κ3) is 3.34. The molecule has 26 heavy (non-hydrogen) atoms. The molecule has 0 unspecified atom stereocenters. The number of nitrogens with zero attached hydrogens (tertiary/aromatic N) is 1. The lowest BCUT2D eigenvalue weighted by Gasteiger charge is -2.32. The van der Waals surface area contributed by atoms with Gasteiger partial charge in [0, 0.05) is 11.2 Å². The molecule has 1 saturated heterocycles. The second-order valence-corrected chi connectivity index (χ2v) is 8.27. The molecule has 140 valence electrons. The summed E-state index contributed by atoms with van der Waals surface area (Å²) in [6.07, 6.45) is -1.74. The zero-order valence-corrected chi connectivity index (χ0v) is 14.9. The third-order valence-electron chi connectivity index (χ3n) is 5.70. The lowest BCUT2D eigenvalue weighted by atomic mass is 9.88. The van der Waals surface area contributed by atoms with Crippen LogP contribution in [0.15, 0.2) is 23.6 Å². The summed E-state index contributed by atoms with van der Waals surface area (Å²) >= 11 is 1.19. The van der Waals surface area contributed by atoms with E-state index in [0.717, 1.165) is 55.9 Å². The average Bonchev–Trinajstić information content (AvgIpc) is 3.23. The number of halogens is 3. The molecule has 2 atom stereocenters. The van der Waals surface area contributed by atoms with Crippen LogP contribution < -0.4 is 0 Å². The number of alkyl halides is 3. The zero-order valence-electron chi connectivity index (χ0n) is 14.1. The van der Waals surface area contributed by atoms with Crippen LogP contribution in [0.1, 0.15) is 36.3 Å². The average molecular weight is 383 g/mol. The molecular weight excluding hydrogens is 363 g/mol. The van der Waals surface area contributed by atoms with Crippen LogP contribution in [0.2, 0.25) is 0 Å². The van der Waals surface area contributed by atoms with Gasteiger partial charge >= 0.3 is 12.1 Å². The SMILES string of the molecule is O=C(O)[C@@H]1C[C@H]1CN1CCC(c2csc3c(C(F)(F)F)cccc23)CC1. The molecule has 2 heterocycles. The molecule has 0 radical (unpaired) electrons. The van der Waals surface area contributed by atoms with Crippen LogP contribution in [0.5, 0.6) is 0 Å². The molecule has 1 aromatic carbocycles. The number of carboxylic acid groups (broad SMARTS) is 1. The van der Waals surface area contributed by atoms with E-state index in [9.17, 15) is 18.0 Å². The summed E-state index contributed by atoms with van der Waals surface area (Å²) in [5, 5.41) is 11.6. The predicted molar refractivity (Wildman–Crippen MR) is 94.5 cm³/mol. The molecule has 2 aromatic rings. The molecule has 7 heteroatoms. The Morgan fingerprint density at radius 2 is 2.00 bits per heavy atom. The normalized spacial score (nSPS) is 24.9. The first-order valence-electron chi connectivity index (χ1n) is 8.87. The number of piperidine rings is 1. The number of benzene rings is 1. The molecule has 0 amide bonds. The highest BCUT2D eigenvalue weighted by atomic mass is 32.1. The Labute approximate surface area is 153 Å². The summed E-state index contributed by atoms with van der Waals surface area (Å²) in [7, 11) is 0. The van der Waals surface area contributed by atoms with E-state index < -0.39 is 17.7 Å². The van der Waals surface area contributed by atoms with E-state index in [1.807, 2.05) is 5.38 Å². The van der Waals surface area contributed by atoms with Gasteiger partial charge in [0.25, 0.3) is 0 Å². The number of carbonyl (C=O) groups is 1. The highest BCUT2D eigenvalue weighted by Crippen LogP contribution is 2.43. The van der Waals surface area contributed by atoms with Crippen LogP contribution in [0.3, 0.4) is 0 Å². The van der Waals surface area contributed by atoms with Crippen LogP contribution in [-0.4, -0.2) is 35.6 Å². The largest absolute Gasteiger partial charge is 0.481 e. The van der Waals surface area contributed by atoms with Crippen molar-refractivity contribution in [2.75, 3.05) is 19.6 Å². The van der Waals surface area contributed by atoms with Crippen LogP contribution in [0.25, 0.3) is 10.1 Å². The maximum absolute atomic E-state index is 13.2. The molecule has 1 N–H and O–H groups in total. The molecule has 0 bridgehead atoms. The summed E-state index contributed by atoms with van der Waals surface area (Å²) < 4.78 is 39.9. The van der Waals surface area contributed by atoms with E-state index in [-0.39, 0.29) is 17.8 Å². The summed E-state index contributed by atoms with van der Waals surface area (Å²) in [6, 6.07) is 4.44. The smallest absolute Gasteiger partial charge is 0.417 e. The van der Waals surface area contributed by atoms with Crippen LogP contribution in [-0.2, 0) is 11.0 Å². The van der Waals surface area contributed by atoms with Crippen molar-refractivity contribution < 1.29 is 23.1 Å². The minimum atomic E-state index is -4.32. The summed E-state index contributed by atoms with van der Waals surface area (Å²) in [5.41, 5.74) is 0.489. The quantitative estimate of drug-likeness (QED) is 0.823. The van der Waals surface area contributed by atoms with E-state index in [1.165, 1.54) is 17.4 Å². The monoisotopic (exact) mass is 383 g/mol. The highest BCUT2D eigenvalue weighted by Gasteiger charge is 2.44. The number of fused-ring (bicyclic) bond motifs is 1. The van der Waals surface area contributed by atoms with E-state index in [2.05, 4.69) is 4.90 Å². The number of aliphatic carboxylic acids is 1. The lowest BCUT2D eigenvalue weighted by molar-refractivity contribution is -0.139. The molecule has 1 aliphatic carbocycles. The van der Waals surface area contributed by atoms with Gasteiger partial charge in [-0.25, -0.2) is 0 Å². The fourth-order valence-corrected chi connectivity index (χ4v) is 5.31. The number of rotatable bonds is 4. The Hall–Kier alpha value is -1.60. The lowest BCUT2D eigenvalue weighted by Crippen LogP contribution is -2.34. The van der Waals surface area contributed by atoms with Crippen molar-refractivity contribution >= 4 is 27.4 Å². The number of carboxylic acids is 1. The molecule has 2 fully saturated rings. The standard InChI is InChI=1S/C19H20F3NO2S/c20-19(21,22)16-3-1-2-13-15(10-26-17(13)16)11-4-6-23(7-5-11)9-12-8-14(12)18(24)25/h1-3,10-12,14H,4-9H2,(H,24,25)/t12-,14+/m0/s1. The van der Waals surface area contributed by atoms with Gasteiger partial charge in [0.1, 0.15) is 0 Å². The Kier molecular flexibility index (Phi) is 4.47. The number of thiophene rings is 1. The van der Waals surface area contributed by atoms with Gasteiger partial charge in [-0.1, -0.05) is 12.1 Å². The maximum Gasteiger partial charge on any atom is 0.417 e. The summed E-state index contributed by atoms with van der Waals surface area (Å²) in [6.45, 7) is 2.58. The fraction of sp³-hybridized carbons (Fsp3) is 0.526. The van der Waals surface area contributed by atoms with Crippen LogP contribution >= 0.6 is 11.3 Å². The van der Waals surface area contributed by atoms with Gasteiger partial charge in [-0.3, -0.25) is 4.79 Å². The Bertz CT molecular complexity index is 824.